The van der Waals surface area contributed by atoms with Crippen LogP contribution in [-0.4, -0.2) is 51.7 Å². The first-order valence-electron chi connectivity index (χ1n) is 10.5. The molecule has 2 atom stereocenters. The first-order chi connectivity index (χ1) is 14.8. The molecule has 1 heterocycles. The Morgan fingerprint density at radius 3 is 2.45 bits per heavy atom. The van der Waals surface area contributed by atoms with Crippen LogP contribution < -0.4 is 10.0 Å². The van der Waals surface area contributed by atoms with Crippen molar-refractivity contribution in [2.24, 2.45) is 4.99 Å². The number of carbonyl (C=O) groups is 1. The van der Waals surface area contributed by atoms with Gasteiger partial charge in [0, 0.05) is 12.1 Å². The number of fused-ring (bicyclic) bond motifs is 1. The molecule has 0 saturated heterocycles. The highest BCUT2D eigenvalue weighted by atomic mass is 32.2. The Morgan fingerprint density at radius 1 is 1.10 bits per heavy atom. The monoisotopic (exact) mass is 442 g/mol. The van der Waals surface area contributed by atoms with Crippen LogP contribution in [0.5, 0.6) is 0 Å². The standard InChI is InChI=1S/C23H30N4O3S/c1-4-5-14-19(25-22-18-13-9-10-15-21(18)31(29,30)26-22)23(28)24-16-20(27(2)3)17-11-7-6-8-12-17/h6-13,15,19-20H,4-5,14,16H2,1-3H3,(H,24,28)(H,25,26). The van der Waals surface area contributed by atoms with E-state index in [1.54, 1.807) is 24.3 Å². The molecule has 0 aromatic heterocycles. The summed E-state index contributed by atoms with van der Waals surface area (Å²) in [5.74, 6) is 0.0337. The van der Waals surface area contributed by atoms with Gasteiger partial charge in [-0.2, -0.15) is 0 Å². The van der Waals surface area contributed by atoms with E-state index in [1.807, 2.05) is 51.4 Å². The fourth-order valence-electron chi connectivity index (χ4n) is 3.63. The minimum Gasteiger partial charge on any atom is -0.352 e. The van der Waals surface area contributed by atoms with Crippen molar-refractivity contribution in [2.75, 3.05) is 20.6 Å². The van der Waals surface area contributed by atoms with Crippen LogP contribution in [0.1, 0.15) is 43.4 Å². The number of nitrogens with zero attached hydrogens (tertiary/aromatic N) is 2. The number of likely N-dealkylation sites (N-methyl/N-ethyl adjacent to an activating group) is 1. The van der Waals surface area contributed by atoms with Crippen LogP contribution in [0, 0.1) is 0 Å². The molecule has 0 aliphatic carbocycles. The third-order valence-electron chi connectivity index (χ3n) is 5.36. The minimum atomic E-state index is -3.64. The molecule has 0 fully saturated rings. The number of amides is 1. The van der Waals surface area contributed by atoms with E-state index in [2.05, 4.69) is 19.9 Å². The predicted octanol–water partition coefficient (Wildman–Crippen LogP) is 2.70. The second-order valence-corrected chi connectivity index (χ2v) is 9.52. The fourth-order valence-corrected chi connectivity index (χ4v) is 4.87. The first kappa shape index (κ1) is 23.0. The Morgan fingerprint density at radius 2 is 1.77 bits per heavy atom. The lowest BCUT2D eigenvalue weighted by Gasteiger charge is -2.26. The molecule has 2 N–H and O–H groups in total. The molecule has 0 saturated carbocycles. The SMILES string of the molecule is CCCCC(N=C1NS(=O)(=O)c2ccccc21)C(=O)NCC(c1ccccc1)N(C)C. The van der Waals surface area contributed by atoms with Gasteiger partial charge in [0.2, 0.25) is 5.91 Å². The van der Waals surface area contributed by atoms with Crippen molar-refractivity contribution in [1.29, 1.82) is 0 Å². The number of benzene rings is 2. The summed E-state index contributed by atoms with van der Waals surface area (Å²) in [6.45, 7) is 2.48. The van der Waals surface area contributed by atoms with Gasteiger partial charge in [0.15, 0.2) is 0 Å². The molecule has 1 amide bonds. The minimum absolute atomic E-state index is 0.0235. The highest BCUT2D eigenvalue weighted by Crippen LogP contribution is 2.23. The molecular weight excluding hydrogens is 412 g/mol. The molecule has 2 aromatic carbocycles. The summed E-state index contributed by atoms with van der Waals surface area (Å²) >= 11 is 0. The molecule has 8 heteroatoms. The molecule has 166 valence electrons. The highest BCUT2D eigenvalue weighted by Gasteiger charge is 2.32. The van der Waals surface area contributed by atoms with E-state index < -0.39 is 16.1 Å². The Labute approximate surface area is 184 Å². The second-order valence-electron chi connectivity index (χ2n) is 7.87. The van der Waals surface area contributed by atoms with Crippen molar-refractivity contribution in [3.8, 4) is 0 Å². The van der Waals surface area contributed by atoms with Gasteiger partial charge in [-0.05, 0) is 38.2 Å². The number of sulfonamides is 1. The number of hydrogen-bond acceptors (Lipinski definition) is 5. The Bertz CT molecular complexity index is 1040. The topological polar surface area (TPSA) is 90.9 Å². The van der Waals surface area contributed by atoms with Gasteiger partial charge >= 0.3 is 0 Å². The molecule has 3 rings (SSSR count). The van der Waals surface area contributed by atoms with E-state index in [-0.39, 0.29) is 22.7 Å². The number of carbonyl (C=O) groups excluding carboxylic acids is 1. The molecular formula is C23H30N4O3S. The third-order valence-corrected chi connectivity index (χ3v) is 6.76. The van der Waals surface area contributed by atoms with Crippen molar-refractivity contribution < 1.29 is 13.2 Å². The normalized spacial score (nSPS) is 17.7. The van der Waals surface area contributed by atoms with Crippen LogP contribution in [0.2, 0.25) is 0 Å². The van der Waals surface area contributed by atoms with E-state index in [4.69, 9.17) is 0 Å². The van der Waals surface area contributed by atoms with Crippen molar-refractivity contribution in [3.63, 3.8) is 0 Å². The van der Waals surface area contributed by atoms with Gasteiger partial charge in [0.25, 0.3) is 10.0 Å². The molecule has 0 bridgehead atoms. The number of hydrogen-bond donors (Lipinski definition) is 2. The maximum atomic E-state index is 13.1. The Kier molecular flexibility index (Phi) is 7.46. The van der Waals surface area contributed by atoms with E-state index in [1.165, 1.54) is 0 Å². The Hall–Kier alpha value is -2.71. The summed E-state index contributed by atoms with van der Waals surface area (Å²) in [7, 11) is 0.311. The summed E-state index contributed by atoms with van der Waals surface area (Å²) in [6, 6.07) is 16.0. The number of nitrogens with one attached hydrogen (secondary N) is 2. The van der Waals surface area contributed by atoms with Crippen LogP contribution in [-0.2, 0) is 14.8 Å². The first-order valence-corrected chi connectivity index (χ1v) is 12.0. The van der Waals surface area contributed by atoms with Gasteiger partial charge in [-0.15, -0.1) is 0 Å². The summed E-state index contributed by atoms with van der Waals surface area (Å²) in [6.07, 6.45) is 2.29. The third kappa shape index (κ3) is 5.51. The number of rotatable bonds is 9. The van der Waals surface area contributed by atoms with Gasteiger partial charge in [-0.25, -0.2) is 8.42 Å². The van der Waals surface area contributed by atoms with Crippen LogP contribution in [0.3, 0.4) is 0 Å². The lowest BCUT2D eigenvalue weighted by atomic mass is 10.1. The van der Waals surface area contributed by atoms with E-state index >= 15 is 0 Å². The number of aliphatic imine (C=N–C) groups is 1. The summed E-state index contributed by atoms with van der Waals surface area (Å²) in [5.41, 5.74) is 1.62. The maximum absolute atomic E-state index is 13.1. The zero-order valence-corrected chi connectivity index (χ0v) is 19.0. The van der Waals surface area contributed by atoms with Gasteiger partial charge < -0.3 is 10.2 Å². The fraction of sp³-hybridized carbons (Fsp3) is 0.391. The van der Waals surface area contributed by atoms with Crippen molar-refractivity contribution in [1.82, 2.24) is 14.9 Å². The van der Waals surface area contributed by atoms with Gasteiger partial charge in [0.05, 0.1) is 10.9 Å². The number of amidine groups is 1. The smallest absolute Gasteiger partial charge is 0.263 e. The summed E-state index contributed by atoms with van der Waals surface area (Å²) in [5, 5.41) is 3.03. The van der Waals surface area contributed by atoms with Crippen LogP contribution >= 0.6 is 0 Å². The summed E-state index contributed by atoms with van der Waals surface area (Å²) in [4.78, 5) is 19.9. The quantitative estimate of drug-likeness (QED) is 0.625. The number of unbranched alkanes of at least 4 members (excludes halogenated alkanes) is 1. The molecule has 7 nitrogen and oxygen atoms in total. The molecule has 2 unspecified atom stereocenters. The molecule has 0 radical (unpaired) electrons. The zero-order valence-electron chi connectivity index (χ0n) is 18.2. The lowest BCUT2D eigenvalue weighted by Crippen LogP contribution is -2.40. The van der Waals surface area contributed by atoms with Crippen molar-refractivity contribution >= 4 is 21.8 Å². The van der Waals surface area contributed by atoms with Crippen molar-refractivity contribution in [3.05, 3.63) is 65.7 Å². The van der Waals surface area contributed by atoms with Crippen molar-refractivity contribution in [2.45, 2.75) is 43.2 Å². The van der Waals surface area contributed by atoms with Crippen LogP contribution in [0.25, 0.3) is 0 Å². The predicted molar refractivity (Wildman–Crippen MR) is 122 cm³/mol. The van der Waals surface area contributed by atoms with E-state index in [0.29, 0.717) is 18.5 Å². The molecule has 1 aliphatic heterocycles. The van der Waals surface area contributed by atoms with Crippen LogP contribution in [0.4, 0.5) is 0 Å². The van der Waals surface area contributed by atoms with Gasteiger partial charge in [-0.3, -0.25) is 14.5 Å². The second kappa shape index (κ2) is 10.1. The van der Waals surface area contributed by atoms with Gasteiger partial charge in [-0.1, -0.05) is 62.2 Å². The average molecular weight is 443 g/mol. The van der Waals surface area contributed by atoms with E-state index in [9.17, 15) is 13.2 Å². The lowest BCUT2D eigenvalue weighted by molar-refractivity contribution is -0.122. The van der Waals surface area contributed by atoms with Crippen LogP contribution in [0.15, 0.2) is 64.5 Å². The van der Waals surface area contributed by atoms with E-state index in [0.717, 1.165) is 18.4 Å². The maximum Gasteiger partial charge on any atom is 0.263 e. The Balaban J connectivity index is 1.80. The molecule has 2 aromatic rings. The molecule has 31 heavy (non-hydrogen) atoms. The van der Waals surface area contributed by atoms with Gasteiger partial charge in [0.1, 0.15) is 11.9 Å². The zero-order chi connectivity index (χ0) is 22.4. The molecule has 0 spiro atoms. The largest absolute Gasteiger partial charge is 0.352 e. The summed E-state index contributed by atoms with van der Waals surface area (Å²) < 4.78 is 27.3. The average Bonchev–Trinajstić information content (AvgIpc) is 3.01. The molecule has 1 aliphatic rings. The highest BCUT2D eigenvalue weighted by molar-refractivity contribution is 7.90.